The van der Waals surface area contributed by atoms with Crippen molar-refractivity contribution in [2.75, 3.05) is 159 Å². The Hall–Kier alpha value is -3.42. The van der Waals surface area contributed by atoms with Crippen molar-refractivity contribution in [1.82, 2.24) is 10.2 Å². The van der Waals surface area contributed by atoms with Crippen molar-refractivity contribution in [3.63, 3.8) is 0 Å². The van der Waals surface area contributed by atoms with Crippen molar-refractivity contribution in [2.24, 2.45) is 0 Å². The summed E-state index contributed by atoms with van der Waals surface area (Å²) >= 11 is 0. The second kappa shape index (κ2) is 31.5. The Labute approximate surface area is 350 Å². The number of nitrogens with zero attached hydrogens (tertiary/aromatic N) is 1. The van der Waals surface area contributed by atoms with Crippen molar-refractivity contribution in [2.45, 2.75) is 32.3 Å². The van der Waals surface area contributed by atoms with Gasteiger partial charge in [0.1, 0.15) is 12.2 Å². The van der Waals surface area contributed by atoms with Gasteiger partial charge in [-0.2, -0.15) is 0 Å². The highest BCUT2D eigenvalue weighted by molar-refractivity contribution is 5.79. The molecule has 1 aliphatic carbocycles. The van der Waals surface area contributed by atoms with E-state index in [-0.39, 0.29) is 12.0 Å². The average molecular weight is 837 g/mol. The van der Waals surface area contributed by atoms with Crippen LogP contribution in [0.5, 0.6) is 0 Å². The Balaban J connectivity index is 0.956. The standard InChI is InChI=1S/C43H68N2O14/c1-43(2,3)59-41(46)44-13-15-48-17-19-50-21-23-52-25-27-54-29-31-56-33-34-57-32-30-55-28-26-53-24-22-51-20-18-49-16-14-45(4)42(47)58-35-40-38-11-7-5-9-36(38)37-10-6-8-12-39(37)40/h5-12,40H,13-35H2,1-4H3,(H,44,46). The van der Waals surface area contributed by atoms with Gasteiger partial charge in [-0.15, -0.1) is 0 Å². The fourth-order valence-electron chi connectivity index (χ4n) is 5.62. The van der Waals surface area contributed by atoms with E-state index < -0.39 is 11.7 Å². The number of benzene rings is 2. The van der Waals surface area contributed by atoms with Crippen LogP contribution in [0.15, 0.2) is 48.5 Å². The van der Waals surface area contributed by atoms with Crippen molar-refractivity contribution in [3.8, 4) is 11.1 Å². The first-order chi connectivity index (χ1) is 28.8. The van der Waals surface area contributed by atoms with Crippen molar-refractivity contribution in [1.29, 1.82) is 0 Å². The topological polar surface area (TPSA) is 160 Å². The molecule has 1 aliphatic rings. The first kappa shape index (κ1) is 49.9. The molecule has 0 bridgehead atoms. The Kier molecular flexibility index (Phi) is 26.6. The molecule has 3 rings (SSSR count). The fourth-order valence-corrected chi connectivity index (χ4v) is 5.62. The SMILES string of the molecule is CN(CCOCCOCCOCCOCCOCCOCCOCCOCCOCCOCCNC(=O)OC(C)(C)C)C(=O)OCC1c2ccccc2-c2ccccc21. The molecule has 0 saturated heterocycles. The van der Waals surface area contributed by atoms with E-state index in [2.05, 4.69) is 29.6 Å². The number of rotatable bonds is 35. The van der Waals surface area contributed by atoms with Crippen molar-refractivity contribution >= 4 is 12.2 Å². The molecule has 2 amide bonds. The zero-order valence-corrected chi connectivity index (χ0v) is 35.6. The van der Waals surface area contributed by atoms with Gasteiger partial charge in [0.05, 0.1) is 132 Å². The lowest BCUT2D eigenvalue weighted by atomic mass is 9.98. The lowest BCUT2D eigenvalue weighted by Crippen LogP contribution is -2.34. The molecule has 16 nitrogen and oxygen atoms in total. The summed E-state index contributed by atoms with van der Waals surface area (Å²) in [5.41, 5.74) is 4.27. The molecule has 2 aromatic rings. The van der Waals surface area contributed by atoms with E-state index in [0.717, 1.165) is 0 Å². The molecule has 0 fully saturated rings. The average Bonchev–Trinajstić information content (AvgIpc) is 3.54. The zero-order chi connectivity index (χ0) is 42.2. The molecule has 334 valence electrons. The van der Waals surface area contributed by atoms with E-state index in [1.54, 1.807) is 7.05 Å². The van der Waals surface area contributed by atoms with Crippen LogP contribution in [0.2, 0.25) is 0 Å². The van der Waals surface area contributed by atoms with E-state index in [4.69, 9.17) is 56.8 Å². The van der Waals surface area contributed by atoms with Crippen LogP contribution < -0.4 is 5.32 Å². The van der Waals surface area contributed by atoms with Crippen LogP contribution >= 0.6 is 0 Å². The number of ether oxygens (including phenoxy) is 12. The molecule has 0 atom stereocenters. The first-order valence-corrected chi connectivity index (χ1v) is 20.6. The lowest BCUT2D eigenvalue weighted by Gasteiger charge is -2.19. The Bertz CT molecular complexity index is 1350. The monoisotopic (exact) mass is 836 g/mol. The quantitative estimate of drug-likeness (QED) is 0.0964. The van der Waals surface area contributed by atoms with Gasteiger partial charge >= 0.3 is 12.2 Å². The molecule has 1 N–H and O–H groups in total. The maximum absolute atomic E-state index is 12.6. The molecular weight excluding hydrogens is 768 g/mol. The number of alkyl carbamates (subject to hydrolysis) is 1. The summed E-state index contributed by atoms with van der Waals surface area (Å²) in [7, 11) is 1.71. The predicted molar refractivity (Wildman–Crippen MR) is 220 cm³/mol. The third-order valence-electron chi connectivity index (χ3n) is 8.48. The second-order valence-electron chi connectivity index (χ2n) is 14.3. The molecule has 0 saturated carbocycles. The van der Waals surface area contributed by atoms with Gasteiger partial charge in [0.25, 0.3) is 0 Å². The minimum atomic E-state index is -0.518. The van der Waals surface area contributed by atoms with Gasteiger partial charge in [0.15, 0.2) is 0 Å². The highest BCUT2D eigenvalue weighted by atomic mass is 16.6. The van der Waals surface area contributed by atoms with Crippen LogP contribution in [-0.2, 0) is 56.8 Å². The summed E-state index contributed by atoms with van der Waals surface area (Å²) in [6.07, 6.45) is -0.825. The number of likely N-dealkylation sites (N-methyl/N-ethyl adjacent to an activating group) is 1. The Morgan fingerprint density at radius 2 is 0.864 bits per heavy atom. The van der Waals surface area contributed by atoms with Gasteiger partial charge in [0.2, 0.25) is 0 Å². The maximum Gasteiger partial charge on any atom is 0.409 e. The number of hydrogen-bond acceptors (Lipinski definition) is 14. The maximum atomic E-state index is 12.6. The van der Waals surface area contributed by atoms with Crippen LogP contribution in [0.4, 0.5) is 9.59 Å². The van der Waals surface area contributed by atoms with Gasteiger partial charge < -0.3 is 67.1 Å². The largest absolute Gasteiger partial charge is 0.448 e. The minimum absolute atomic E-state index is 0.0340. The second-order valence-corrected chi connectivity index (χ2v) is 14.3. The van der Waals surface area contributed by atoms with Gasteiger partial charge in [-0.1, -0.05) is 48.5 Å². The van der Waals surface area contributed by atoms with E-state index >= 15 is 0 Å². The molecule has 0 aliphatic heterocycles. The van der Waals surface area contributed by atoms with E-state index in [9.17, 15) is 9.59 Å². The minimum Gasteiger partial charge on any atom is -0.448 e. The number of carbonyl (C=O) groups is 2. The summed E-state index contributed by atoms with van der Waals surface area (Å²) < 4.78 is 65.9. The van der Waals surface area contributed by atoms with Gasteiger partial charge in [0, 0.05) is 26.1 Å². The molecule has 59 heavy (non-hydrogen) atoms. The lowest BCUT2D eigenvalue weighted by molar-refractivity contribution is -0.0265. The number of hydrogen-bond donors (Lipinski definition) is 1. The summed E-state index contributed by atoms with van der Waals surface area (Å²) in [6, 6.07) is 16.6. The number of carbonyl (C=O) groups excluding carboxylic acids is 2. The molecule has 16 heteroatoms. The molecule has 0 spiro atoms. The molecule has 0 heterocycles. The van der Waals surface area contributed by atoms with Crippen molar-refractivity contribution < 1.29 is 66.4 Å². The van der Waals surface area contributed by atoms with Gasteiger partial charge in [-0.3, -0.25) is 0 Å². The normalized spacial score (nSPS) is 12.3. The van der Waals surface area contributed by atoms with Crippen LogP contribution in [0.25, 0.3) is 11.1 Å². The van der Waals surface area contributed by atoms with Gasteiger partial charge in [-0.25, -0.2) is 9.59 Å². The smallest absolute Gasteiger partial charge is 0.409 e. The summed E-state index contributed by atoms with van der Waals surface area (Å²) in [4.78, 5) is 25.7. The molecule has 0 unspecified atom stereocenters. The molecular formula is C43H68N2O14. The highest BCUT2D eigenvalue weighted by Gasteiger charge is 2.29. The summed E-state index contributed by atoms with van der Waals surface area (Å²) in [5, 5.41) is 2.63. The van der Waals surface area contributed by atoms with E-state index in [0.29, 0.717) is 152 Å². The zero-order valence-electron chi connectivity index (χ0n) is 35.6. The highest BCUT2D eigenvalue weighted by Crippen LogP contribution is 2.44. The van der Waals surface area contributed by atoms with E-state index in [1.165, 1.54) is 27.2 Å². The van der Waals surface area contributed by atoms with Crippen LogP contribution in [0, 0.1) is 0 Å². The molecule has 0 aromatic heterocycles. The fraction of sp³-hybridized carbons (Fsp3) is 0.674. The van der Waals surface area contributed by atoms with Crippen LogP contribution in [-0.4, -0.2) is 182 Å². The van der Waals surface area contributed by atoms with Crippen LogP contribution in [0.1, 0.15) is 37.8 Å². The third kappa shape index (κ3) is 23.2. The third-order valence-corrected chi connectivity index (χ3v) is 8.48. The van der Waals surface area contributed by atoms with E-state index in [1.807, 2.05) is 45.0 Å². The number of fused-ring (bicyclic) bond motifs is 3. The number of nitrogens with one attached hydrogen (secondary N) is 1. The van der Waals surface area contributed by atoms with Crippen molar-refractivity contribution in [3.05, 3.63) is 59.7 Å². The number of amides is 2. The summed E-state index contributed by atoms with van der Waals surface area (Å²) in [5.74, 6) is 0.0340. The predicted octanol–water partition coefficient (Wildman–Crippen LogP) is 4.56. The van der Waals surface area contributed by atoms with Crippen LogP contribution in [0.3, 0.4) is 0 Å². The molecule has 0 radical (unpaired) electrons. The Morgan fingerprint density at radius 3 is 1.24 bits per heavy atom. The summed E-state index contributed by atoms with van der Waals surface area (Å²) in [6.45, 7) is 15.7. The van der Waals surface area contributed by atoms with Gasteiger partial charge in [-0.05, 0) is 43.0 Å². The first-order valence-electron chi connectivity index (χ1n) is 20.6. The Morgan fingerprint density at radius 1 is 0.525 bits per heavy atom. The molecule has 2 aromatic carbocycles.